The van der Waals surface area contributed by atoms with Gasteiger partial charge in [-0.25, -0.2) is 4.98 Å². The molecule has 0 unspecified atom stereocenters. The Kier molecular flexibility index (Phi) is 3.93. The number of pyridine rings is 1. The molecule has 0 aliphatic heterocycles. The molecule has 0 radical (unpaired) electrons. The van der Waals surface area contributed by atoms with Gasteiger partial charge in [0, 0.05) is 36.2 Å². The molecule has 2 heterocycles. The molecule has 2 aromatic heterocycles. The van der Waals surface area contributed by atoms with E-state index >= 15 is 0 Å². The fraction of sp³-hybridized carbons (Fsp3) is 0.167. The maximum atomic E-state index is 11.7. The van der Waals surface area contributed by atoms with Crippen molar-refractivity contribution in [2.75, 3.05) is 6.54 Å². The van der Waals surface area contributed by atoms with Crippen molar-refractivity contribution < 1.29 is 4.79 Å². The van der Waals surface area contributed by atoms with E-state index in [-0.39, 0.29) is 5.91 Å². The van der Waals surface area contributed by atoms with Crippen LogP contribution in [0.4, 0.5) is 0 Å². The van der Waals surface area contributed by atoms with Crippen LogP contribution in [0.3, 0.4) is 0 Å². The van der Waals surface area contributed by atoms with Gasteiger partial charge in [0.1, 0.15) is 5.69 Å². The van der Waals surface area contributed by atoms with Gasteiger partial charge in [-0.2, -0.15) is 0 Å². The fourth-order valence-electron chi connectivity index (χ4n) is 1.42. The van der Waals surface area contributed by atoms with Gasteiger partial charge in [-0.05, 0) is 40.2 Å². The molecule has 2 aromatic rings. The number of amides is 1. The maximum absolute atomic E-state index is 11.7. The highest BCUT2D eigenvalue weighted by Gasteiger charge is 2.05. The minimum atomic E-state index is -0.148. The molecule has 17 heavy (non-hydrogen) atoms. The van der Waals surface area contributed by atoms with E-state index in [2.05, 4.69) is 26.2 Å². The van der Waals surface area contributed by atoms with Crippen LogP contribution in [-0.4, -0.2) is 22.0 Å². The molecule has 5 heteroatoms. The molecule has 4 nitrogen and oxygen atoms in total. The number of nitrogens with one attached hydrogen (secondary N) is 1. The second-order valence-electron chi connectivity index (χ2n) is 3.54. The van der Waals surface area contributed by atoms with Crippen molar-refractivity contribution in [3.63, 3.8) is 0 Å². The zero-order chi connectivity index (χ0) is 12.1. The van der Waals surface area contributed by atoms with Gasteiger partial charge in [0.05, 0.1) is 0 Å². The Hall–Kier alpha value is -1.62. The Bertz CT molecular complexity index is 479. The molecule has 0 fully saturated rings. The van der Waals surface area contributed by atoms with E-state index in [1.165, 1.54) is 0 Å². The van der Waals surface area contributed by atoms with Gasteiger partial charge in [-0.1, -0.05) is 0 Å². The topological polar surface area (TPSA) is 46.9 Å². The summed E-state index contributed by atoms with van der Waals surface area (Å²) in [6.07, 6.45) is 5.54. The number of carbonyl (C=O) groups excluding carboxylic acids is 1. The SMILES string of the molecule is O=C(NCCn1cccc1)c1ccc(Br)cn1. The largest absolute Gasteiger partial charge is 0.353 e. The number of aromatic nitrogens is 2. The third-order valence-corrected chi connectivity index (χ3v) is 2.75. The van der Waals surface area contributed by atoms with Crippen molar-refractivity contribution in [3.8, 4) is 0 Å². The van der Waals surface area contributed by atoms with Crippen LogP contribution in [0.1, 0.15) is 10.5 Å². The molecule has 0 atom stereocenters. The predicted octanol–water partition coefficient (Wildman–Crippen LogP) is 2.08. The molecule has 0 aliphatic carbocycles. The summed E-state index contributed by atoms with van der Waals surface area (Å²) in [6.45, 7) is 1.35. The van der Waals surface area contributed by atoms with Crippen LogP contribution in [0.5, 0.6) is 0 Å². The number of rotatable bonds is 4. The molecule has 0 spiro atoms. The van der Waals surface area contributed by atoms with Crippen LogP contribution < -0.4 is 5.32 Å². The second-order valence-corrected chi connectivity index (χ2v) is 4.45. The van der Waals surface area contributed by atoms with Crippen molar-refractivity contribution in [3.05, 3.63) is 53.0 Å². The first-order valence-electron chi connectivity index (χ1n) is 5.26. The fourth-order valence-corrected chi connectivity index (χ4v) is 1.65. The minimum absolute atomic E-state index is 0.148. The van der Waals surface area contributed by atoms with Crippen molar-refractivity contribution >= 4 is 21.8 Å². The van der Waals surface area contributed by atoms with Gasteiger partial charge in [-0.15, -0.1) is 0 Å². The van der Waals surface area contributed by atoms with Crippen LogP contribution >= 0.6 is 15.9 Å². The molecule has 2 rings (SSSR count). The quantitative estimate of drug-likeness (QED) is 0.938. The van der Waals surface area contributed by atoms with Crippen LogP contribution in [0, 0.1) is 0 Å². The van der Waals surface area contributed by atoms with Gasteiger partial charge in [0.15, 0.2) is 0 Å². The predicted molar refractivity (Wildman–Crippen MR) is 68.7 cm³/mol. The average molecular weight is 294 g/mol. The summed E-state index contributed by atoms with van der Waals surface area (Å²) >= 11 is 3.28. The first-order valence-corrected chi connectivity index (χ1v) is 6.05. The van der Waals surface area contributed by atoms with E-state index in [1.807, 2.05) is 29.1 Å². The molecule has 88 valence electrons. The third kappa shape index (κ3) is 3.42. The van der Waals surface area contributed by atoms with E-state index < -0.39 is 0 Å². The van der Waals surface area contributed by atoms with E-state index in [0.29, 0.717) is 12.2 Å². The lowest BCUT2D eigenvalue weighted by Crippen LogP contribution is -2.27. The molecule has 0 aromatic carbocycles. The van der Waals surface area contributed by atoms with Crippen LogP contribution in [0.2, 0.25) is 0 Å². The highest BCUT2D eigenvalue weighted by atomic mass is 79.9. The van der Waals surface area contributed by atoms with Crippen molar-refractivity contribution in [1.29, 1.82) is 0 Å². The molecule has 1 N–H and O–H groups in total. The molecule has 0 aliphatic rings. The standard InChI is InChI=1S/C12H12BrN3O/c13-10-3-4-11(15-9-10)12(17)14-5-8-16-6-1-2-7-16/h1-4,6-7,9H,5,8H2,(H,14,17). The Morgan fingerprint density at radius 1 is 1.35 bits per heavy atom. The average Bonchev–Trinajstić information content (AvgIpc) is 2.83. The lowest BCUT2D eigenvalue weighted by atomic mass is 10.3. The molecular formula is C12H12BrN3O. The number of hydrogen-bond donors (Lipinski definition) is 1. The van der Waals surface area contributed by atoms with Gasteiger partial charge in [0.2, 0.25) is 0 Å². The van der Waals surface area contributed by atoms with Gasteiger partial charge < -0.3 is 9.88 Å². The highest BCUT2D eigenvalue weighted by molar-refractivity contribution is 9.10. The smallest absolute Gasteiger partial charge is 0.269 e. The summed E-state index contributed by atoms with van der Waals surface area (Å²) in [5.74, 6) is -0.148. The third-order valence-electron chi connectivity index (χ3n) is 2.28. The lowest BCUT2D eigenvalue weighted by molar-refractivity contribution is 0.0947. The van der Waals surface area contributed by atoms with Crippen molar-refractivity contribution in [1.82, 2.24) is 14.9 Å². The van der Waals surface area contributed by atoms with Gasteiger partial charge in [0.25, 0.3) is 5.91 Å². The number of nitrogens with zero attached hydrogens (tertiary/aromatic N) is 2. The summed E-state index contributed by atoms with van der Waals surface area (Å²) in [4.78, 5) is 15.7. The van der Waals surface area contributed by atoms with E-state index in [9.17, 15) is 4.79 Å². The normalized spacial score (nSPS) is 10.2. The van der Waals surface area contributed by atoms with Crippen LogP contribution in [0.25, 0.3) is 0 Å². The monoisotopic (exact) mass is 293 g/mol. The minimum Gasteiger partial charge on any atom is -0.353 e. The molecule has 0 bridgehead atoms. The Morgan fingerprint density at radius 3 is 2.76 bits per heavy atom. The number of hydrogen-bond acceptors (Lipinski definition) is 2. The lowest BCUT2D eigenvalue weighted by Gasteiger charge is -2.05. The first kappa shape index (κ1) is 11.9. The molecule has 0 saturated heterocycles. The maximum Gasteiger partial charge on any atom is 0.269 e. The molecule has 1 amide bonds. The highest BCUT2D eigenvalue weighted by Crippen LogP contribution is 2.07. The number of halogens is 1. The number of carbonyl (C=O) groups is 1. The van der Waals surface area contributed by atoms with E-state index in [4.69, 9.17) is 0 Å². The van der Waals surface area contributed by atoms with Crippen LogP contribution in [-0.2, 0) is 6.54 Å². The van der Waals surface area contributed by atoms with E-state index in [1.54, 1.807) is 18.3 Å². The Morgan fingerprint density at radius 2 is 2.12 bits per heavy atom. The van der Waals surface area contributed by atoms with Crippen LogP contribution in [0.15, 0.2) is 47.3 Å². The summed E-state index contributed by atoms with van der Waals surface area (Å²) in [5.41, 5.74) is 0.431. The van der Waals surface area contributed by atoms with Crippen molar-refractivity contribution in [2.45, 2.75) is 6.54 Å². The van der Waals surface area contributed by atoms with Gasteiger partial charge in [-0.3, -0.25) is 4.79 Å². The summed E-state index contributed by atoms with van der Waals surface area (Å²) < 4.78 is 2.87. The second kappa shape index (κ2) is 5.63. The van der Waals surface area contributed by atoms with Gasteiger partial charge >= 0.3 is 0 Å². The summed E-state index contributed by atoms with van der Waals surface area (Å²) in [5, 5.41) is 2.82. The zero-order valence-corrected chi connectivity index (χ0v) is 10.7. The van der Waals surface area contributed by atoms with E-state index in [0.717, 1.165) is 11.0 Å². The summed E-state index contributed by atoms with van der Waals surface area (Å²) in [6, 6.07) is 7.40. The first-order chi connectivity index (χ1) is 8.25. The Balaban J connectivity index is 1.83. The summed E-state index contributed by atoms with van der Waals surface area (Å²) in [7, 11) is 0. The van der Waals surface area contributed by atoms with Crippen molar-refractivity contribution in [2.24, 2.45) is 0 Å². The Labute approximate surface area is 108 Å². The zero-order valence-electron chi connectivity index (χ0n) is 9.14. The molecule has 0 saturated carbocycles. The molecular weight excluding hydrogens is 282 g/mol.